The molecule has 0 fully saturated rings. The molecular formula is C13H17N5OS. The minimum Gasteiger partial charge on any atom is -0.375 e. The maximum absolute atomic E-state index is 11.7. The van der Waals surface area contributed by atoms with E-state index in [0.29, 0.717) is 16.6 Å². The summed E-state index contributed by atoms with van der Waals surface area (Å²) in [6.45, 7) is 3.34. The Balaban J connectivity index is 1.64. The number of hydrogen-bond donors (Lipinski definition) is 3. The topological polar surface area (TPSA) is 92.9 Å². The van der Waals surface area contributed by atoms with Gasteiger partial charge in [-0.05, 0) is 25.0 Å². The largest absolute Gasteiger partial charge is 0.375 e. The first-order valence-electron chi connectivity index (χ1n) is 6.31. The van der Waals surface area contributed by atoms with Crippen LogP contribution in [0.2, 0.25) is 0 Å². The molecule has 0 aromatic carbocycles. The maximum Gasteiger partial charge on any atom is 0.263 e. The van der Waals surface area contributed by atoms with E-state index in [0.717, 1.165) is 24.3 Å². The molecular weight excluding hydrogens is 274 g/mol. The monoisotopic (exact) mass is 291 g/mol. The number of rotatable bonds is 6. The lowest BCUT2D eigenvalue weighted by Crippen LogP contribution is -2.25. The third-order valence-corrected chi connectivity index (χ3v) is 3.43. The molecule has 0 spiro atoms. The van der Waals surface area contributed by atoms with Crippen molar-refractivity contribution >= 4 is 28.2 Å². The highest BCUT2D eigenvalue weighted by Crippen LogP contribution is 2.13. The number of pyridine rings is 1. The molecule has 0 aliphatic carbocycles. The normalized spacial score (nSPS) is 10.2. The second-order valence-electron chi connectivity index (χ2n) is 4.32. The van der Waals surface area contributed by atoms with Gasteiger partial charge in [0.05, 0.1) is 6.20 Å². The van der Waals surface area contributed by atoms with Gasteiger partial charge < -0.3 is 16.4 Å². The molecule has 0 bridgehead atoms. The zero-order valence-electron chi connectivity index (χ0n) is 11.2. The first-order chi connectivity index (χ1) is 9.65. The summed E-state index contributed by atoms with van der Waals surface area (Å²) in [7, 11) is 0. The van der Waals surface area contributed by atoms with Crippen LogP contribution in [0.3, 0.4) is 0 Å². The molecule has 2 heterocycles. The molecule has 20 heavy (non-hydrogen) atoms. The second kappa shape index (κ2) is 6.85. The van der Waals surface area contributed by atoms with Gasteiger partial charge in [0.15, 0.2) is 5.13 Å². The summed E-state index contributed by atoms with van der Waals surface area (Å²) in [5.74, 6) is 0.713. The van der Waals surface area contributed by atoms with Crippen molar-refractivity contribution in [2.75, 3.05) is 24.1 Å². The highest BCUT2D eigenvalue weighted by atomic mass is 32.1. The van der Waals surface area contributed by atoms with Gasteiger partial charge in [0.1, 0.15) is 10.7 Å². The average Bonchev–Trinajstić information content (AvgIpc) is 2.87. The Kier molecular flexibility index (Phi) is 4.89. The molecule has 0 aliphatic rings. The molecule has 0 radical (unpaired) electrons. The second-order valence-corrected chi connectivity index (χ2v) is 5.38. The zero-order valence-corrected chi connectivity index (χ0v) is 12.0. The van der Waals surface area contributed by atoms with Crippen molar-refractivity contribution in [3.63, 3.8) is 0 Å². The van der Waals surface area contributed by atoms with Gasteiger partial charge in [-0.3, -0.25) is 4.79 Å². The standard InChI is InChI=1S/C13H17N5OS/c1-9-3-4-11(17-7-9)15-5-2-6-16-12(19)10-8-18-13(14)20-10/h3-4,7-8H,2,5-6H2,1H3,(H2,14,18)(H,15,17)(H,16,19). The summed E-state index contributed by atoms with van der Waals surface area (Å²) >= 11 is 1.19. The fourth-order valence-electron chi connectivity index (χ4n) is 1.56. The number of nitrogens with zero attached hydrogens (tertiary/aromatic N) is 2. The molecule has 0 saturated carbocycles. The first-order valence-corrected chi connectivity index (χ1v) is 7.13. The summed E-state index contributed by atoms with van der Waals surface area (Å²) in [4.78, 5) is 20.3. The highest BCUT2D eigenvalue weighted by molar-refractivity contribution is 7.17. The number of carbonyl (C=O) groups excluding carboxylic acids is 1. The summed E-state index contributed by atoms with van der Waals surface area (Å²) in [6.07, 6.45) is 4.12. The summed E-state index contributed by atoms with van der Waals surface area (Å²) in [6, 6.07) is 3.94. The predicted molar refractivity (Wildman–Crippen MR) is 80.9 cm³/mol. The molecule has 0 atom stereocenters. The van der Waals surface area contributed by atoms with E-state index >= 15 is 0 Å². The molecule has 2 aromatic rings. The van der Waals surface area contributed by atoms with Crippen LogP contribution in [0.1, 0.15) is 21.7 Å². The lowest BCUT2D eigenvalue weighted by molar-refractivity contribution is 0.0957. The number of thiazole rings is 1. The molecule has 0 aliphatic heterocycles. The Morgan fingerprint density at radius 3 is 2.80 bits per heavy atom. The molecule has 6 nitrogen and oxygen atoms in total. The minimum atomic E-state index is -0.132. The van der Waals surface area contributed by atoms with Crippen LogP contribution >= 0.6 is 11.3 Å². The highest BCUT2D eigenvalue weighted by Gasteiger charge is 2.07. The zero-order chi connectivity index (χ0) is 14.4. The lowest BCUT2D eigenvalue weighted by Gasteiger charge is -2.06. The average molecular weight is 291 g/mol. The van der Waals surface area contributed by atoms with Gasteiger partial charge >= 0.3 is 0 Å². The Bertz CT molecular complexity index is 566. The first kappa shape index (κ1) is 14.3. The minimum absolute atomic E-state index is 0.132. The molecule has 4 N–H and O–H groups in total. The molecule has 106 valence electrons. The third kappa shape index (κ3) is 4.20. The van der Waals surface area contributed by atoms with Gasteiger partial charge in [0.2, 0.25) is 0 Å². The van der Waals surface area contributed by atoms with E-state index < -0.39 is 0 Å². The van der Waals surface area contributed by atoms with Crippen molar-refractivity contribution in [2.24, 2.45) is 0 Å². The van der Waals surface area contributed by atoms with E-state index in [-0.39, 0.29) is 5.91 Å². The van der Waals surface area contributed by atoms with Gasteiger partial charge in [0, 0.05) is 19.3 Å². The van der Waals surface area contributed by atoms with Gasteiger partial charge in [-0.1, -0.05) is 17.4 Å². The van der Waals surface area contributed by atoms with E-state index in [4.69, 9.17) is 5.73 Å². The lowest BCUT2D eigenvalue weighted by atomic mass is 10.3. The number of nitrogens with one attached hydrogen (secondary N) is 2. The van der Waals surface area contributed by atoms with Crippen LogP contribution in [0.5, 0.6) is 0 Å². The number of nitrogens with two attached hydrogens (primary N) is 1. The van der Waals surface area contributed by atoms with Crippen LogP contribution in [-0.4, -0.2) is 29.0 Å². The molecule has 7 heteroatoms. The van der Waals surface area contributed by atoms with Crippen LogP contribution in [0.25, 0.3) is 0 Å². The Labute approximate surface area is 121 Å². The van der Waals surface area contributed by atoms with Crippen molar-refractivity contribution in [2.45, 2.75) is 13.3 Å². The Morgan fingerprint density at radius 1 is 1.30 bits per heavy atom. The van der Waals surface area contributed by atoms with E-state index in [1.807, 2.05) is 25.3 Å². The molecule has 2 aromatic heterocycles. The van der Waals surface area contributed by atoms with Gasteiger partial charge in [-0.15, -0.1) is 0 Å². The number of hydrogen-bond acceptors (Lipinski definition) is 6. The predicted octanol–water partition coefficient (Wildman–Crippen LogP) is 1.66. The fraction of sp³-hybridized carbons (Fsp3) is 0.308. The molecule has 0 saturated heterocycles. The van der Waals surface area contributed by atoms with Crippen LogP contribution < -0.4 is 16.4 Å². The van der Waals surface area contributed by atoms with E-state index in [9.17, 15) is 4.79 Å². The van der Waals surface area contributed by atoms with Crippen molar-refractivity contribution in [3.05, 3.63) is 35.0 Å². The summed E-state index contributed by atoms with van der Waals surface area (Å²) < 4.78 is 0. The molecule has 2 rings (SSSR count). The Morgan fingerprint density at radius 2 is 2.15 bits per heavy atom. The number of aromatic nitrogens is 2. The van der Waals surface area contributed by atoms with Crippen LogP contribution in [0.15, 0.2) is 24.5 Å². The Hall–Kier alpha value is -2.15. The summed E-state index contributed by atoms with van der Waals surface area (Å²) in [5.41, 5.74) is 6.61. The molecule has 0 unspecified atom stereocenters. The van der Waals surface area contributed by atoms with Crippen LogP contribution in [-0.2, 0) is 0 Å². The fourth-order valence-corrected chi connectivity index (χ4v) is 2.16. The third-order valence-electron chi connectivity index (χ3n) is 2.60. The van der Waals surface area contributed by atoms with Gasteiger partial charge in [0.25, 0.3) is 5.91 Å². The number of amides is 1. The maximum atomic E-state index is 11.7. The van der Waals surface area contributed by atoms with E-state index in [1.165, 1.54) is 17.5 Å². The number of aryl methyl sites for hydroxylation is 1. The number of anilines is 2. The quantitative estimate of drug-likeness (QED) is 0.704. The van der Waals surface area contributed by atoms with Crippen molar-refractivity contribution in [3.8, 4) is 0 Å². The van der Waals surface area contributed by atoms with Crippen LogP contribution in [0.4, 0.5) is 10.9 Å². The van der Waals surface area contributed by atoms with E-state index in [2.05, 4.69) is 20.6 Å². The van der Waals surface area contributed by atoms with Crippen molar-refractivity contribution in [1.82, 2.24) is 15.3 Å². The van der Waals surface area contributed by atoms with E-state index in [1.54, 1.807) is 0 Å². The van der Waals surface area contributed by atoms with Crippen LogP contribution in [0, 0.1) is 6.92 Å². The van der Waals surface area contributed by atoms with Gasteiger partial charge in [-0.25, -0.2) is 9.97 Å². The number of carbonyl (C=O) groups is 1. The van der Waals surface area contributed by atoms with Crippen molar-refractivity contribution in [1.29, 1.82) is 0 Å². The molecule has 1 amide bonds. The van der Waals surface area contributed by atoms with Crippen molar-refractivity contribution < 1.29 is 4.79 Å². The SMILES string of the molecule is Cc1ccc(NCCCNC(=O)c2cnc(N)s2)nc1. The smallest absolute Gasteiger partial charge is 0.263 e. The number of nitrogen functional groups attached to an aromatic ring is 1. The summed E-state index contributed by atoms with van der Waals surface area (Å²) in [5, 5.41) is 6.43. The van der Waals surface area contributed by atoms with Gasteiger partial charge in [-0.2, -0.15) is 0 Å².